The summed E-state index contributed by atoms with van der Waals surface area (Å²) in [4.78, 5) is 16.2. The van der Waals surface area contributed by atoms with Crippen LogP contribution in [-0.2, 0) is 17.6 Å². The summed E-state index contributed by atoms with van der Waals surface area (Å²) in [5.74, 6) is 0.867. The fourth-order valence-electron chi connectivity index (χ4n) is 1.97. The number of amides is 1. The van der Waals surface area contributed by atoms with Crippen molar-refractivity contribution >= 4 is 17.2 Å². The molecular weight excluding hydrogens is 284 g/mol. The van der Waals surface area contributed by atoms with Gasteiger partial charge in [-0.25, -0.2) is 4.98 Å². The van der Waals surface area contributed by atoms with Gasteiger partial charge in [-0.15, -0.1) is 11.3 Å². The Labute approximate surface area is 129 Å². The van der Waals surface area contributed by atoms with Crippen molar-refractivity contribution in [1.29, 1.82) is 0 Å². The Kier molecular flexibility index (Phi) is 5.75. The van der Waals surface area contributed by atoms with Crippen LogP contribution in [0, 0.1) is 6.92 Å². The summed E-state index contributed by atoms with van der Waals surface area (Å²) >= 11 is 1.64. The summed E-state index contributed by atoms with van der Waals surface area (Å²) in [6.07, 6.45) is 1.17. The van der Waals surface area contributed by atoms with Crippen LogP contribution in [0.4, 0.5) is 0 Å². The van der Waals surface area contributed by atoms with Crippen molar-refractivity contribution in [3.05, 3.63) is 45.9 Å². The molecule has 5 heteroatoms. The van der Waals surface area contributed by atoms with Crippen LogP contribution in [0.3, 0.4) is 0 Å². The second-order valence-corrected chi connectivity index (χ2v) is 5.77. The number of hydrogen-bond donors (Lipinski definition) is 1. The van der Waals surface area contributed by atoms with E-state index in [-0.39, 0.29) is 5.91 Å². The zero-order valence-electron chi connectivity index (χ0n) is 12.4. The first kappa shape index (κ1) is 15.5. The minimum Gasteiger partial charge on any atom is -0.494 e. The van der Waals surface area contributed by atoms with Crippen LogP contribution in [0.15, 0.2) is 29.6 Å². The quantitative estimate of drug-likeness (QED) is 0.855. The van der Waals surface area contributed by atoms with Gasteiger partial charge in [-0.05, 0) is 31.5 Å². The Bertz CT molecular complexity index is 578. The number of carbonyl (C=O) groups excluding carboxylic acids is 1. The van der Waals surface area contributed by atoms with E-state index in [2.05, 4.69) is 10.3 Å². The molecule has 0 unspecified atom stereocenters. The van der Waals surface area contributed by atoms with Gasteiger partial charge in [-0.2, -0.15) is 0 Å². The number of nitrogens with zero attached hydrogens (tertiary/aromatic N) is 1. The molecule has 0 aliphatic rings. The molecule has 0 aliphatic carbocycles. The molecule has 1 heterocycles. The second-order valence-electron chi connectivity index (χ2n) is 4.71. The van der Waals surface area contributed by atoms with Gasteiger partial charge in [-0.1, -0.05) is 12.1 Å². The highest BCUT2D eigenvalue weighted by Crippen LogP contribution is 2.12. The van der Waals surface area contributed by atoms with Crippen LogP contribution < -0.4 is 10.1 Å². The van der Waals surface area contributed by atoms with Crippen molar-refractivity contribution < 1.29 is 9.53 Å². The SMILES string of the molecule is CCOc1ccc(CC(=O)NCCc2csc(C)n2)cc1. The average molecular weight is 304 g/mol. The molecule has 0 bridgehead atoms. The third-order valence-electron chi connectivity index (χ3n) is 2.97. The molecule has 1 aromatic carbocycles. The molecule has 0 saturated carbocycles. The number of benzene rings is 1. The minimum absolute atomic E-state index is 0.0334. The lowest BCUT2D eigenvalue weighted by Crippen LogP contribution is -2.27. The third kappa shape index (κ3) is 5.19. The van der Waals surface area contributed by atoms with Gasteiger partial charge < -0.3 is 10.1 Å². The molecule has 1 N–H and O–H groups in total. The number of carbonyl (C=O) groups is 1. The van der Waals surface area contributed by atoms with Crippen molar-refractivity contribution in [2.75, 3.05) is 13.2 Å². The standard InChI is InChI=1S/C16H20N2O2S/c1-3-20-15-6-4-13(5-7-15)10-16(19)17-9-8-14-11-21-12(2)18-14/h4-7,11H,3,8-10H2,1-2H3,(H,17,19). The summed E-state index contributed by atoms with van der Waals surface area (Å²) < 4.78 is 5.38. The molecule has 0 atom stereocenters. The van der Waals surface area contributed by atoms with E-state index in [0.29, 0.717) is 19.6 Å². The van der Waals surface area contributed by atoms with Gasteiger partial charge >= 0.3 is 0 Å². The molecule has 112 valence electrons. The van der Waals surface area contributed by atoms with Crippen molar-refractivity contribution in [2.24, 2.45) is 0 Å². The zero-order chi connectivity index (χ0) is 15.1. The lowest BCUT2D eigenvalue weighted by molar-refractivity contribution is -0.120. The van der Waals surface area contributed by atoms with E-state index in [1.807, 2.05) is 43.5 Å². The van der Waals surface area contributed by atoms with Gasteiger partial charge in [-0.3, -0.25) is 4.79 Å². The average Bonchev–Trinajstić information content (AvgIpc) is 2.87. The van der Waals surface area contributed by atoms with Crippen molar-refractivity contribution in [1.82, 2.24) is 10.3 Å². The van der Waals surface area contributed by atoms with Gasteiger partial charge in [0, 0.05) is 18.3 Å². The van der Waals surface area contributed by atoms with Crippen LogP contribution in [0.2, 0.25) is 0 Å². The fraction of sp³-hybridized carbons (Fsp3) is 0.375. The molecule has 2 aromatic rings. The van der Waals surface area contributed by atoms with E-state index < -0.39 is 0 Å². The van der Waals surface area contributed by atoms with Crippen LogP contribution in [0.25, 0.3) is 0 Å². The second kappa shape index (κ2) is 7.78. The summed E-state index contributed by atoms with van der Waals surface area (Å²) in [5, 5.41) is 6.02. The first-order valence-electron chi connectivity index (χ1n) is 7.07. The van der Waals surface area contributed by atoms with Gasteiger partial charge in [0.15, 0.2) is 0 Å². The highest BCUT2D eigenvalue weighted by molar-refractivity contribution is 7.09. The smallest absolute Gasteiger partial charge is 0.224 e. The Morgan fingerprint density at radius 3 is 2.71 bits per heavy atom. The van der Waals surface area contributed by atoms with Gasteiger partial charge in [0.1, 0.15) is 5.75 Å². The Hall–Kier alpha value is -1.88. The highest BCUT2D eigenvalue weighted by Gasteiger charge is 2.04. The van der Waals surface area contributed by atoms with Crippen molar-refractivity contribution in [3.8, 4) is 5.75 Å². The number of nitrogens with one attached hydrogen (secondary N) is 1. The summed E-state index contributed by atoms with van der Waals surface area (Å²) in [6.45, 7) is 5.21. The van der Waals surface area contributed by atoms with Crippen LogP contribution in [-0.4, -0.2) is 24.0 Å². The zero-order valence-corrected chi connectivity index (χ0v) is 13.2. The predicted molar refractivity (Wildman–Crippen MR) is 84.9 cm³/mol. The molecule has 2 rings (SSSR count). The molecule has 21 heavy (non-hydrogen) atoms. The van der Waals surface area contributed by atoms with Gasteiger partial charge in [0.25, 0.3) is 0 Å². The lowest BCUT2D eigenvalue weighted by atomic mass is 10.1. The molecule has 0 saturated heterocycles. The molecule has 1 aromatic heterocycles. The number of rotatable bonds is 7. The summed E-state index contributed by atoms with van der Waals surface area (Å²) in [5.41, 5.74) is 2.03. The summed E-state index contributed by atoms with van der Waals surface area (Å²) in [6, 6.07) is 7.64. The van der Waals surface area contributed by atoms with Crippen molar-refractivity contribution in [2.45, 2.75) is 26.7 Å². The largest absolute Gasteiger partial charge is 0.494 e. The van der Waals surface area contributed by atoms with Gasteiger partial charge in [0.2, 0.25) is 5.91 Å². The monoisotopic (exact) mass is 304 g/mol. The molecule has 0 spiro atoms. The van der Waals surface area contributed by atoms with E-state index in [1.54, 1.807) is 11.3 Å². The Morgan fingerprint density at radius 1 is 1.33 bits per heavy atom. The van der Waals surface area contributed by atoms with E-state index in [1.165, 1.54) is 0 Å². The number of thiazole rings is 1. The molecular formula is C16H20N2O2S. The third-order valence-corrected chi connectivity index (χ3v) is 3.79. The summed E-state index contributed by atoms with van der Waals surface area (Å²) in [7, 11) is 0. The maximum absolute atomic E-state index is 11.9. The number of aryl methyl sites for hydroxylation is 1. The maximum atomic E-state index is 11.9. The number of hydrogen-bond acceptors (Lipinski definition) is 4. The Balaban J connectivity index is 1.73. The Morgan fingerprint density at radius 2 is 2.10 bits per heavy atom. The lowest BCUT2D eigenvalue weighted by Gasteiger charge is -2.06. The molecule has 0 fully saturated rings. The number of aromatic nitrogens is 1. The van der Waals surface area contributed by atoms with Gasteiger partial charge in [0.05, 0.1) is 23.7 Å². The van der Waals surface area contributed by atoms with Crippen LogP contribution in [0.1, 0.15) is 23.2 Å². The van der Waals surface area contributed by atoms with E-state index in [0.717, 1.165) is 28.4 Å². The molecule has 0 aliphatic heterocycles. The highest BCUT2D eigenvalue weighted by atomic mass is 32.1. The topological polar surface area (TPSA) is 51.2 Å². The first-order valence-corrected chi connectivity index (χ1v) is 7.94. The van der Waals surface area contributed by atoms with E-state index in [9.17, 15) is 4.79 Å². The molecule has 0 radical (unpaired) electrons. The molecule has 4 nitrogen and oxygen atoms in total. The predicted octanol–water partition coefficient (Wildman–Crippen LogP) is 2.75. The van der Waals surface area contributed by atoms with Crippen LogP contribution in [0.5, 0.6) is 5.75 Å². The van der Waals surface area contributed by atoms with E-state index >= 15 is 0 Å². The minimum atomic E-state index is 0.0334. The normalized spacial score (nSPS) is 10.4. The van der Waals surface area contributed by atoms with Crippen LogP contribution >= 0.6 is 11.3 Å². The number of ether oxygens (including phenoxy) is 1. The fourth-order valence-corrected chi connectivity index (χ4v) is 2.62. The van der Waals surface area contributed by atoms with E-state index in [4.69, 9.17) is 4.74 Å². The maximum Gasteiger partial charge on any atom is 0.224 e. The molecule has 1 amide bonds. The first-order chi connectivity index (χ1) is 10.2. The van der Waals surface area contributed by atoms with Crippen molar-refractivity contribution in [3.63, 3.8) is 0 Å².